The first kappa shape index (κ1) is 33.3. The van der Waals surface area contributed by atoms with E-state index in [1.54, 1.807) is 12.4 Å². The molecule has 4 rings (SSSR count). The highest BCUT2D eigenvalue weighted by atomic mass is 19.4. The standard InChI is InChI=1S/C21H25N3O3.2C2HF3O2/c25-20(13-18-5-1-3-9-22-18)24-15-21(16-24)14-17(8-12-27-21)7-11-26-19-6-2-4-10-23-19;2*3-2(4,5)1(6)7/h1-6,9-10,17H,7-8,11-16H2;2*(H,6,7). The van der Waals surface area contributed by atoms with Gasteiger partial charge in [0.05, 0.1) is 26.1 Å². The molecule has 1 unspecified atom stereocenters. The van der Waals surface area contributed by atoms with Crippen LogP contribution in [0.5, 0.6) is 5.88 Å². The summed E-state index contributed by atoms with van der Waals surface area (Å²) in [6.45, 7) is 2.81. The molecular weight excluding hydrogens is 568 g/mol. The number of hydrogen-bond acceptors (Lipinski definition) is 7. The summed E-state index contributed by atoms with van der Waals surface area (Å²) < 4.78 is 75.3. The Morgan fingerprint density at radius 1 is 0.951 bits per heavy atom. The number of alkyl halides is 6. The van der Waals surface area contributed by atoms with Crippen molar-refractivity contribution in [2.75, 3.05) is 26.3 Å². The lowest BCUT2D eigenvalue weighted by molar-refractivity contribution is -0.193. The monoisotopic (exact) mass is 595 g/mol. The molecule has 2 saturated heterocycles. The predicted molar refractivity (Wildman–Crippen MR) is 128 cm³/mol. The molecule has 10 nitrogen and oxygen atoms in total. The summed E-state index contributed by atoms with van der Waals surface area (Å²) in [5.74, 6) is -4.15. The minimum Gasteiger partial charge on any atom is -0.478 e. The van der Waals surface area contributed by atoms with Crippen LogP contribution in [0.2, 0.25) is 0 Å². The fraction of sp³-hybridized carbons (Fsp3) is 0.480. The number of likely N-dealkylation sites (tertiary alicyclic amines) is 1. The minimum absolute atomic E-state index is 0.128. The average Bonchev–Trinajstić information content (AvgIpc) is 2.88. The summed E-state index contributed by atoms with van der Waals surface area (Å²) in [4.78, 5) is 40.5. The summed E-state index contributed by atoms with van der Waals surface area (Å²) in [6.07, 6.45) is -3.31. The highest BCUT2D eigenvalue weighted by Gasteiger charge is 2.49. The molecule has 2 aromatic heterocycles. The van der Waals surface area contributed by atoms with Crippen LogP contribution in [-0.4, -0.2) is 87.2 Å². The molecule has 16 heteroatoms. The van der Waals surface area contributed by atoms with Gasteiger partial charge in [-0.3, -0.25) is 9.78 Å². The first-order chi connectivity index (χ1) is 19.1. The molecule has 2 fully saturated rings. The summed E-state index contributed by atoms with van der Waals surface area (Å²) >= 11 is 0. The van der Waals surface area contributed by atoms with Crippen LogP contribution in [0.15, 0.2) is 48.8 Å². The van der Waals surface area contributed by atoms with E-state index in [1.807, 2.05) is 41.3 Å². The number of aromatic nitrogens is 2. The molecule has 2 aliphatic heterocycles. The second kappa shape index (κ2) is 14.6. The Labute approximate surface area is 229 Å². The molecule has 1 spiro atoms. The zero-order valence-corrected chi connectivity index (χ0v) is 21.4. The van der Waals surface area contributed by atoms with Crippen molar-refractivity contribution in [3.05, 3.63) is 54.5 Å². The number of hydrogen-bond donors (Lipinski definition) is 2. The van der Waals surface area contributed by atoms with Gasteiger partial charge in [-0.25, -0.2) is 14.6 Å². The summed E-state index contributed by atoms with van der Waals surface area (Å²) in [6, 6.07) is 11.4. The van der Waals surface area contributed by atoms with Crippen LogP contribution >= 0.6 is 0 Å². The van der Waals surface area contributed by atoms with Crippen molar-refractivity contribution in [3.63, 3.8) is 0 Å². The Kier molecular flexibility index (Phi) is 11.9. The van der Waals surface area contributed by atoms with E-state index < -0.39 is 24.3 Å². The first-order valence-electron chi connectivity index (χ1n) is 12.1. The molecule has 41 heavy (non-hydrogen) atoms. The van der Waals surface area contributed by atoms with Crippen molar-refractivity contribution in [2.45, 2.75) is 43.6 Å². The van der Waals surface area contributed by atoms with Crippen LogP contribution in [0.1, 0.15) is 25.0 Å². The molecule has 2 aliphatic rings. The number of ether oxygens (including phenoxy) is 2. The van der Waals surface area contributed by atoms with Gasteiger partial charge < -0.3 is 24.6 Å². The maximum Gasteiger partial charge on any atom is 0.490 e. The van der Waals surface area contributed by atoms with Crippen molar-refractivity contribution in [3.8, 4) is 5.88 Å². The molecular formula is C25H27F6N3O7. The molecule has 0 aromatic carbocycles. The topological polar surface area (TPSA) is 139 Å². The molecule has 2 N–H and O–H groups in total. The molecule has 0 aliphatic carbocycles. The highest BCUT2D eigenvalue weighted by molar-refractivity contribution is 5.79. The Morgan fingerprint density at radius 3 is 2.00 bits per heavy atom. The Morgan fingerprint density at radius 2 is 1.51 bits per heavy atom. The van der Waals surface area contributed by atoms with Crippen LogP contribution in [0.25, 0.3) is 0 Å². The van der Waals surface area contributed by atoms with E-state index in [0.29, 0.717) is 37.9 Å². The number of carboxylic acid groups (broad SMARTS) is 2. The van der Waals surface area contributed by atoms with Gasteiger partial charge in [0.15, 0.2) is 0 Å². The van der Waals surface area contributed by atoms with E-state index >= 15 is 0 Å². The fourth-order valence-corrected chi connectivity index (χ4v) is 3.95. The molecule has 0 bridgehead atoms. The smallest absolute Gasteiger partial charge is 0.478 e. The average molecular weight is 595 g/mol. The van der Waals surface area contributed by atoms with Gasteiger partial charge in [0.25, 0.3) is 0 Å². The Hall–Kier alpha value is -3.95. The number of pyridine rings is 2. The molecule has 4 heterocycles. The number of carbonyl (C=O) groups excluding carboxylic acids is 1. The van der Waals surface area contributed by atoms with Crippen LogP contribution in [0.3, 0.4) is 0 Å². The molecule has 2 aromatic rings. The number of aliphatic carboxylic acids is 2. The van der Waals surface area contributed by atoms with E-state index in [-0.39, 0.29) is 11.5 Å². The zero-order valence-electron chi connectivity index (χ0n) is 21.4. The van der Waals surface area contributed by atoms with Crippen LogP contribution in [-0.2, 0) is 25.5 Å². The van der Waals surface area contributed by atoms with Gasteiger partial charge in [0.1, 0.15) is 5.60 Å². The van der Waals surface area contributed by atoms with Crippen molar-refractivity contribution in [1.82, 2.24) is 14.9 Å². The normalized spacial score (nSPS) is 17.6. The largest absolute Gasteiger partial charge is 0.490 e. The number of rotatable bonds is 6. The van der Waals surface area contributed by atoms with Gasteiger partial charge in [0.2, 0.25) is 11.8 Å². The first-order valence-corrected chi connectivity index (χ1v) is 12.1. The SMILES string of the molecule is O=C(Cc1ccccn1)N1CC2(CC(CCOc3ccccn3)CCO2)C1.O=C(O)C(F)(F)F.O=C(O)C(F)(F)F. The second-order valence-electron chi connectivity index (χ2n) is 9.05. The van der Waals surface area contributed by atoms with Crippen molar-refractivity contribution >= 4 is 17.8 Å². The van der Waals surface area contributed by atoms with Crippen LogP contribution < -0.4 is 4.74 Å². The van der Waals surface area contributed by atoms with Gasteiger partial charge in [-0.05, 0) is 43.4 Å². The van der Waals surface area contributed by atoms with E-state index in [1.165, 1.54) is 0 Å². The lowest BCUT2D eigenvalue weighted by Gasteiger charge is -2.53. The van der Waals surface area contributed by atoms with E-state index in [2.05, 4.69) is 9.97 Å². The maximum absolute atomic E-state index is 12.4. The Bertz CT molecular complexity index is 1100. The third-order valence-electron chi connectivity index (χ3n) is 5.86. The molecule has 0 radical (unpaired) electrons. The minimum atomic E-state index is -5.08. The lowest BCUT2D eigenvalue weighted by atomic mass is 9.79. The third kappa shape index (κ3) is 11.6. The van der Waals surface area contributed by atoms with Gasteiger partial charge in [-0.1, -0.05) is 12.1 Å². The number of amides is 1. The maximum atomic E-state index is 12.4. The Balaban J connectivity index is 0.000000349. The lowest BCUT2D eigenvalue weighted by Crippen LogP contribution is -2.66. The molecule has 226 valence electrons. The van der Waals surface area contributed by atoms with Gasteiger partial charge in [0, 0.05) is 30.8 Å². The zero-order chi connectivity index (χ0) is 30.7. The highest BCUT2D eigenvalue weighted by Crippen LogP contribution is 2.38. The summed E-state index contributed by atoms with van der Waals surface area (Å²) in [5.41, 5.74) is 0.658. The van der Waals surface area contributed by atoms with E-state index in [9.17, 15) is 31.1 Å². The van der Waals surface area contributed by atoms with Gasteiger partial charge in [-0.2, -0.15) is 26.3 Å². The molecule has 1 amide bonds. The van der Waals surface area contributed by atoms with Crippen LogP contribution in [0, 0.1) is 5.92 Å². The van der Waals surface area contributed by atoms with Gasteiger partial charge >= 0.3 is 24.3 Å². The van der Waals surface area contributed by atoms with Crippen LogP contribution in [0.4, 0.5) is 26.3 Å². The van der Waals surface area contributed by atoms with Crippen molar-refractivity contribution in [1.29, 1.82) is 0 Å². The van der Waals surface area contributed by atoms with E-state index in [4.69, 9.17) is 29.3 Å². The third-order valence-corrected chi connectivity index (χ3v) is 5.86. The summed E-state index contributed by atoms with van der Waals surface area (Å²) in [5, 5.41) is 14.2. The fourth-order valence-electron chi connectivity index (χ4n) is 3.95. The van der Waals surface area contributed by atoms with Crippen molar-refractivity contribution < 1.29 is 60.4 Å². The molecule has 1 atom stereocenters. The number of carbonyl (C=O) groups is 3. The van der Waals surface area contributed by atoms with E-state index in [0.717, 1.165) is 31.6 Å². The number of carboxylic acids is 2. The van der Waals surface area contributed by atoms with Gasteiger partial charge in [-0.15, -0.1) is 0 Å². The predicted octanol–water partition coefficient (Wildman–Crippen LogP) is 3.76. The second-order valence-corrected chi connectivity index (χ2v) is 9.05. The quantitative estimate of drug-likeness (QED) is 0.478. The number of halogens is 6. The van der Waals surface area contributed by atoms with Crippen molar-refractivity contribution in [2.24, 2.45) is 5.92 Å². The summed E-state index contributed by atoms with van der Waals surface area (Å²) in [7, 11) is 0. The molecule has 0 saturated carbocycles. The number of nitrogens with zero attached hydrogens (tertiary/aromatic N) is 3.